The number of amides is 2. The van der Waals surface area contributed by atoms with Crippen molar-refractivity contribution in [3.63, 3.8) is 0 Å². The molecule has 2 amide bonds. The van der Waals surface area contributed by atoms with Crippen molar-refractivity contribution in [3.8, 4) is 0 Å². The zero-order chi connectivity index (χ0) is 15.8. The van der Waals surface area contributed by atoms with E-state index in [0.717, 1.165) is 19.3 Å². The number of hydrogen-bond donors (Lipinski definition) is 2. The van der Waals surface area contributed by atoms with E-state index in [9.17, 15) is 9.59 Å². The normalized spacial score (nSPS) is 10.3. The van der Waals surface area contributed by atoms with Crippen molar-refractivity contribution in [1.29, 1.82) is 0 Å². The van der Waals surface area contributed by atoms with Gasteiger partial charge in [0.25, 0.3) is 0 Å². The number of rotatable bonds is 13. The van der Waals surface area contributed by atoms with Gasteiger partial charge >= 0.3 is 12.2 Å². The lowest BCUT2D eigenvalue weighted by atomic mass is 10.1. The lowest BCUT2D eigenvalue weighted by Gasteiger charge is -2.04. The molecule has 0 spiro atoms. The van der Waals surface area contributed by atoms with Gasteiger partial charge in [0, 0.05) is 0 Å². The minimum atomic E-state index is -1.38. The lowest BCUT2D eigenvalue weighted by Crippen LogP contribution is -2.29. The van der Waals surface area contributed by atoms with Crippen LogP contribution in [0.3, 0.4) is 0 Å². The maximum absolute atomic E-state index is 10.8. The van der Waals surface area contributed by atoms with Crippen molar-refractivity contribution in [2.24, 2.45) is 0 Å². The largest absolute Gasteiger partial charge is 0.465 e. The molecule has 0 aromatic carbocycles. The molecule has 0 aromatic rings. The summed E-state index contributed by atoms with van der Waals surface area (Å²) in [6, 6.07) is 0. The van der Waals surface area contributed by atoms with Crippen LogP contribution >= 0.6 is 0 Å². The van der Waals surface area contributed by atoms with E-state index < -0.39 is 12.2 Å². The van der Waals surface area contributed by atoms with Crippen LogP contribution in [0, 0.1) is 0 Å². The molecule has 0 unspecified atom stereocenters. The highest BCUT2D eigenvalue weighted by Gasteiger charge is 2.05. The number of nitrogens with one attached hydrogen (secondary N) is 1. The number of carbonyl (C=O) groups is 2. The van der Waals surface area contributed by atoms with Gasteiger partial charge < -0.3 is 9.84 Å². The first-order chi connectivity index (χ1) is 10.2. The van der Waals surface area contributed by atoms with E-state index >= 15 is 0 Å². The van der Waals surface area contributed by atoms with E-state index in [-0.39, 0.29) is 6.61 Å². The fraction of sp³-hybridized carbons (Fsp3) is 0.875. The predicted octanol–water partition coefficient (Wildman–Crippen LogP) is 5.09. The highest BCUT2D eigenvalue weighted by atomic mass is 16.6. The van der Waals surface area contributed by atoms with E-state index in [2.05, 4.69) is 6.92 Å². The molecule has 5 heteroatoms. The summed E-state index contributed by atoms with van der Waals surface area (Å²) in [6.45, 7) is 2.53. The SMILES string of the molecule is CCCCCCCCCCCCCCOC(=O)NC(=O)O. The van der Waals surface area contributed by atoms with E-state index in [1.165, 1.54) is 57.8 Å². The molecule has 0 radical (unpaired) electrons. The summed E-state index contributed by atoms with van der Waals surface area (Å²) in [5.74, 6) is 0. The second-order valence-electron chi connectivity index (χ2n) is 5.46. The maximum Gasteiger partial charge on any atom is 0.416 e. The zero-order valence-corrected chi connectivity index (χ0v) is 13.4. The van der Waals surface area contributed by atoms with Gasteiger partial charge in [0.15, 0.2) is 0 Å². The minimum Gasteiger partial charge on any atom is -0.465 e. The molecule has 0 heterocycles. The van der Waals surface area contributed by atoms with Crippen molar-refractivity contribution < 1.29 is 19.4 Å². The number of ether oxygens (including phenoxy) is 1. The third-order valence-electron chi connectivity index (χ3n) is 3.44. The molecule has 124 valence electrons. The van der Waals surface area contributed by atoms with Crippen molar-refractivity contribution in [1.82, 2.24) is 5.32 Å². The number of alkyl carbamates (subject to hydrolysis) is 1. The van der Waals surface area contributed by atoms with Crippen LogP contribution < -0.4 is 5.32 Å². The van der Waals surface area contributed by atoms with Crippen LogP contribution in [-0.4, -0.2) is 23.9 Å². The van der Waals surface area contributed by atoms with E-state index in [0.29, 0.717) is 0 Å². The van der Waals surface area contributed by atoms with Gasteiger partial charge in [-0.3, -0.25) is 0 Å². The Morgan fingerprint density at radius 1 is 0.810 bits per heavy atom. The highest BCUT2D eigenvalue weighted by molar-refractivity contribution is 5.86. The second-order valence-corrected chi connectivity index (χ2v) is 5.46. The Morgan fingerprint density at radius 3 is 1.67 bits per heavy atom. The van der Waals surface area contributed by atoms with Crippen LogP contribution in [0.4, 0.5) is 9.59 Å². The summed E-state index contributed by atoms with van der Waals surface area (Å²) in [6.07, 6.45) is 12.7. The van der Waals surface area contributed by atoms with Gasteiger partial charge in [0.05, 0.1) is 6.61 Å². The topological polar surface area (TPSA) is 75.6 Å². The molecule has 0 saturated carbocycles. The predicted molar refractivity (Wildman–Crippen MR) is 83.6 cm³/mol. The first kappa shape index (κ1) is 19.7. The standard InChI is InChI=1S/C16H31NO4/c1-2-3-4-5-6-7-8-9-10-11-12-13-14-21-16(20)17-15(18)19/h2-14H2,1H3,(H,17,20)(H,18,19). The van der Waals surface area contributed by atoms with Crippen molar-refractivity contribution in [3.05, 3.63) is 0 Å². The molecule has 0 bridgehead atoms. The molecule has 21 heavy (non-hydrogen) atoms. The van der Waals surface area contributed by atoms with Crippen LogP contribution in [0.15, 0.2) is 0 Å². The van der Waals surface area contributed by atoms with Gasteiger partial charge in [-0.15, -0.1) is 0 Å². The molecule has 0 aliphatic heterocycles. The molecule has 0 atom stereocenters. The summed E-state index contributed by atoms with van der Waals surface area (Å²) >= 11 is 0. The summed E-state index contributed by atoms with van der Waals surface area (Å²) < 4.78 is 4.71. The molecule has 0 aliphatic rings. The van der Waals surface area contributed by atoms with E-state index in [1.807, 2.05) is 0 Å². The van der Waals surface area contributed by atoms with Crippen molar-refractivity contribution >= 4 is 12.2 Å². The Balaban J connectivity index is 3.09. The lowest BCUT2D eigenvalue weighted by molar-refractivity contribution is 0.138. The number of carbonyl (C=O) groups excluding carboxylic acids is 1. The Hall–Kier alpha value is -1.26. The quantitative estimate of drug-likeness (QED) is 0.464. The molecule has 0 saturated heterocycles. The number of carboxylic acid groups (broad SMARTS) is 1. The monoisotopic (exact) mass is 301 g/mol. The highest BCUT2D eigenvalue weighted by Crippen LogP contribution is 2.11. The molecule has 0 rings (SSSR count). The second kappa shape index (κ2) is 15.1. The number of unbranched alkanes of at least 4 members (excludes halogenated alkanes) is 11. The molecular weight excluding hydrogens is 270 g/mol. The minimum absolute atomic E-state index is 0.288. The Labute approximate surface area is 128 Å². The van der Waals surface area contributed by atoms with Gasteiger partial charge in [-0.05, 0) is 6.42 Å². The fourth-order valence-corrected chi connectivity index (χ4v) is 2.23. The average Bonchev–Trinajstić information content (AvgIpc) is 2.43. The third kappa shape index (κ3) is 16.7. The average molecular weight is 301 g/mol. The molecular formula is C16H31NO4. The maximum atomic E-state index is 10.8. The van der Waals surface area contributed by atoms with Crippen LogP contribution in [0.2, 0.25) is 0 Å². The van der Waals surface area contributed by atoms with Crippen LogP contribution in [0.1, 0.15) is 84.0 Å². The summed E-state index contributed by atoms with van der Waals surface area (Å²) in [4.78, 5) is 21.0. The summed E-state index contributed by atoms with van der Waals surface area (Å²) in [5, 5.41) is 9.92. The first-order valence-corrected chi connectivity index (χ1v) is 8.33. The van der Waals surface area contributed by atoms with Gasteiger partial charge in [0.2, 0.25) is 0 Å². The van der Waals surface area contributed by atoms with Crippen molar-refractivity contribution in [2.75, 3.05) is 6.61 Å². The third-order valence-corrected chi connectivity index (χ3v) is 3.44. The van der Waals surface area contributed by atoms with E-state index in [1.54, 1.807) is 5.32 Å². The van der Waals surface area contributed by atoms with Crippen molar-refractivity contribution in [2.45, 2.75) is 84.0 Å². The fourth-order valence-electron chi connectivity index (χ4n) is 2.23. The molecule has 0 aromatic heterocycles. The van der Waals surface area contributed by atoms with Gasteiger partial charge in [0.1, 0.15) is 0 Å². The summed E-state index contributed by atoms with van der Waals surface area (Å²) in [7, 11) is 0. The smallest absolute Gasteiger partial charge is 0.416 e. The summed E-state index contributed by atoms with van der Waals surface area (Å²) in [5.41, 5.74) is 0. The van der Waals surface area contributed by atoms with Crippen LogP contribution in [0.5, 0.6) is 0 Å². The van der Waals surface area contributed by atoms with Crippen LogP contribution in [0.25, 0.3) is 0 Å². The first-order valence-electron chi connectivity index (χ1n) is 8.33. The molecule has 2 N–H and O–H groups in total. The van der Waals surface area contributed by atoms with E-state index in [4.69, 9.17) is 9.84 Å². The molecule has 0 aliphatic carbocycles. The molecule has 0 fully saturated rings. The molecule has 5 nitrogen and oxygen atoms in total. The number of imide groups is 1. The number of hydrogen-bond acceptors (Lipinski definition) is 3. The van der Waals surface area contributed by atoms with Gasteiger partial charge in [-0.2, -0.15) is 0 Å². The van der Waals surface area contributed by atoms with Crippen LogP contribution in [-0.2, 0) is 4.74 Å². The van der Waals surface area contributed by atoms with Gasteiger partial charge in [-0.25, -0.2) is 14.9 Å². The zero-order valence-electron chi connectivity index (χ0n) is 13.4. The van der Waals surface area contributed by atoms with Gasteiger partial charge in [-0.1, -0.05) is 77.6 Å². The Bertz CT molecular complexity index is 269. The Kier molecular flexibility index (Phi) is 14.2. The Morgan fingerprint density at radius 2 is 1.24 bits per heavy atom.